The van der Waals surface area contributed by atoms with E-state index in [-0.39, 0.29) is 17.7 Å². The van der Waals surface area contributed by atoms with Gasteiger partial charge < -0.3 is 4.90 Å². The Morgan fingerprint density at radius 2 is 1.85 bits per heavy atom. The van der Waals surface area contributed by atoms with Crippen LogP contribution in [0.4, 0.5) is 0 Å². The van der Waals surface area contributed by atoms with Gasteiger partial charge in [-0.05, 0) is 54.4 Å². The van der Waals surface area contributed by atoms with E-state index in [1.165, 1.54) is 17.3 Å². The number of benzene rings is 1. The minimum Gasteiger partial charge on any atom is -0.336 e. The summed E-state index contributed by atoms with van der Waals surface area (Å²) in [5.74, 6) is -0.787. The molecule has 134 valence electrons. The number of halogens is 1. The van der Waals surface area contributed by atoms with Crippen molar-refractivity contribution in [2.24, 2.45) is 0 Å². The van der Waals surface area contributed by atoms with E-state index < -0.39 is 5.78 Å². The molecule has 1 aliphatic carbocycles. The molecule has 2 heterocycles. The van der Waals surface area contributed by atoms with E-state index in [4.69, 9.17) is 11.6 Å². The SMILES string of the molecule is O=C(Cc1ccc(Cl)cn1)C(=O)N1CCC2(CCc3ccccc32)CC1. The van der Waals surface area contributed by atoms with Crippen molar-refractivity contribution < 1.29 is 9.59 Å². The third-order valence-corrected chi connectivity index (χ3v) is 6.06. The van der Waals surface area contributed by atoms with Crippen molar-refractivity contribution in [3.63, 3.8) is 0 Å². The van der Waals surface area contributed by atoms with Crippen LogP contribution >= 0.6 is 11.6 Å². The molecule has 2 aliphatic rings. The summed E-state index contributed by atoms with van der Waals surface area (Å²) in [7, 11) is 0. The lowest BCUT2D eigenvalue weighted by molar-refractivity contribution is -0.145. The molecule has 26 heavy (non-hydrogen) atoms. The van der Waals surface area contributed by atoms with E-state index >= 15 is 0 Å². The van der Waals surface area contributed by atoms with Crippen LogP contribution < -0.4 is 0 Å². The number of rotatable bonds is 3. The van der Waals surface area contributed by atoms with Crippen molar-refractivity contribution in [1.82, 2.24) is 9.88 Å². The normalized spacial score (nSPS) is 18.0. The average Bonchev–Trinajstić information content (AvgIpc) is 3.02. The maximum atomic E-state index is 12.5. The summed E-state index contributed by atoms with van der Waals surface area (Å²) in [6, 6.07) is 12.0. The first kappa shape index (κ1) is 17.2. The molecule has 1 spiro atoms. The van der Waals surface area contributed by atoms with Gasteiger partial charge in [-0.15, -0.1) is 0 Å². The van der Waals surface area contributed by atoms with Gasteiger partial charge in [-0.1, -0.05) is 35.9 Å². The highest BCUT2D eigenvalue weighted by molar-refractivity contribution is 6.36. The molecule has 1 aliphatic heterocycles. The van der Waals surface area contributed by atoms with Gasteiger partial charge in [0.15, 0.2) is 0 Å². The first-order valence-corrected chi connectivity index (χ1v) is 9.46. The molecule has 1 aromatic carbocycles. The number of Topliss-reactive ketones (excluding diaryl/α,β-unsaturated/α-hetero) is 1. The van der Waals surface area contributed by atoms with E-state index in [0.29, 0.717) is 23.8 Å². The van der Waals surface area contributed by atoms with Crippen LogP contribution in [0, 0.1) is 0 Å². The zero-order valence-corrected chi connectivity index (χ0v) is 15.3. The summed E-state index contributed by atoms with van der Waals surface area (Å²) < 4.78 is 0. The second-order valence-corrected chi connectivity index (χ2v) is 7.73. The smallest absolute Gasteiger partial charge is 0.290 e. The summed E-state index contributed by atoms with van der Waals surface area (Å²) in [6.45, 7) is 1.29. The van der Waals surface area contributed by atoms with Crippen LogP contribution in [0.2, 0.25) is 5.02 Å². The zero-order chi connectivity index (χ0) is 18.1. The molecule has 1 aromatic heterocycles. The predicted molar refractivity (Wildman–Crippen MR) is 100 cm³/mol. The molecule has 1 amide bonds. The fourth-order valence-corrected chi connectivity index (χ4v) is 4.46. The van der Waals surface area contributed by atoms with E-state index in [2.05, 4.69) is 29.2 Å². The monoisotopic (exact) mass is 368 g/mol. The lowest BCUT2D eigenvalue weighted by Crippen LogP contribution is -2.47. The standard InChI is InChI=1S/C21H21ClN2O2/c22-16-5-6-17(23-14-16)13-19(25)20(26)24-11-9-21(10-12-24)8-7-15-3-1-2-4-18(15)21/h1-6,14H,7-13H2. The molecule has 1 saturated heterocycles. The number of pyridine rings is 1. The second kappa shape index (κ2) is 6.84. The molecule has 0 atom stereocenters. The summed E-state index contributed by atoms with van der Waals surface area (Å²) >= 11 is 5.81. The highest BCUT2D eigenvalue weighted by Crippen LogP contribution is 2.46. The minimum atomic E-state index is -0.400. The largest absolute Gasteiger partial charge is 0.336 e. The van der Waals surface area contributed by atoms with Crippen LogP contribution in [0.1, 0.15) is 36.1 Å². The summed E-state index contributed by atoms with van der Waals surface area (Å²) in [6.07, 6.45) is 5.66. The second-order valence-electron chi connectivity index (χ2n) is 7.30. The Morgan fingerprint density at radius 1 is 1.08 bits per heavy atom. The molecule has 1 fully saturated rings. The number of ketones is 1. The number of aromatic nitrogens is 1. The number of fused-ring (bicyclic) bond motifs is 2. The third kappa shape index (κ3) is 3.14. The molecular formula is C21H21ClN2O2. The Morgan fingerprint density at radius 3 is 2.58 bits per heavy atom. The number of carbonyl (C=O) groups is 2. The van der Waals surface area contributed by atoms with Gasteiger partial charge in [0.25, 0.3) is 5.91 Å². The number of piperidine rings is 1. The Bertz CT molecular complexity index is 839. The lowest BCUT2D eigenvalue weighted by Gasteiger charge is -2.40. The van der Waals surface area contributed by atoms with E-state index in [1.807, 2.05) is 0 Å². The molecule has 0 N–H and O–H groups in total. The van der Waals surface area contributed by atoms with Gasteiger partial charge in [-0.3, -0.25) is 14.6 Å². The molecule has 4 nitrogen and oxygen atoms in total. The Kier molecular flexibility index (Phi) is 4.53. The maximum Gasteiger partial charge on any atom is 0.290 e. The maximum absolute atomic E-state index is 12.5. The van der Waals surface area contributed by atoms with E-state index in [1.54, 1.807) is 17.0 Å². The van der Waals surface area contributed by atoms with Crippen molar-refractivity contribution in [1.29, 1.82) is 0 Å². The van der Waals surface area contributed by atoms with Crippen molar-refractivity contribution in [3.8, 4) is 0 Å². The van der Waals surface area contributed by atoms with Crippen LogP contribution in [0.5, 0.6) is 0 Å². The molecule has 0 bridgehead atoms. The average molecular weight is 369 g/mol. The molecule has 4 rings (SSSR count). The number of carbonyl (C=O) groups excluding carboxylic acids is 2. The van der Waals surface area contributed by atoms with Gasteiger partial charge in [-0.25, -0.2) is 0 Å². The molecule has 5 heteroatoms. The number of hydrogen-bond donors (Lipinski definition) is 0. The number of amides is 1. The van der Waals surface area contributed by atoms with E-state index in [0.717, 1.165) is 25.7 Å². The topological polar surface area (TPSA) is 50.3 Å². The number of likely N-dealkylation sites (tertiary alicyclic amines) is 1. The zero-order valence-electron chi connectivity index (χ0n) is 14.6. The lowest BCUT2D eigenvalue weighted by atomic mass is 9.74. The van der Waals surface area contributed by atoms with Crippen molar-refractivity contribution in [2.75, 3.05) is 13.1 Å². The fraction of sp³-hybridized carbons (Fsp3) is 0.381. The van der Waals surface area contributed by atoms with Crippen molar-refractivity contribution in [3.05, 3.63) is 64.4 Å². The first-order valence-electron chi connectivity index (χ1n) is 9.08. The summed E-state index contributed by atoms with van der Waals surface area (Å²) in [4.78, 5) is 30.7. The van der Waals surface area contributed by atoms with Gasteiger partial charge in [0.2, 0.25) is 5.78 Å². The number of hydrogen-bond acceptors (Lipinski definition) is 3. The van der Waals surface area contributed by atoms with Crippen molar-refractivity contribution >= 4 is 23.3 Å². The van der Waals surface area contributed by atoms with Crippen LogP contribution in [0.25, 0.3) is 0 Å². The van der Waals surface area contributed by atoms with Crippen molar-refractivity contribution in [2.45, 2.75) is 37.5 Å². The summed E-state index contributed by atoms with van der Waals surface area (Å²) in [5.41, 5.74) is 3.65. The van der Waals surface area contributed by atoms with Gasteiger partial charge in [0.1, 0.15) is 0 Å². The number of aryl methyl sites for hydroxylation is 1. The third-order valence-electron chi connectivity index (χ3n) is 5.84. The van der Waals surface area contributed by atoms with Gasteiger partial charge in [0, 0.05) is 25.0 Å². The quantitative estimate of drug-likeness (QED) is 0.780. The predicted octanol–water partition coefficient (Wildman–Crippen LogP) is 3.35. The molecular weight excluding hydrogens is 348 g/mol. The van der Waals surface area contributed by atoms with E-state index in [9.17, 15) is 9.59 Å². The summed E-state index contributed by atoms with van der Waals surface area (Å²) in [5, 5.41) is 0.519. The molecule has 0 radical (unpaired) electrons. The highest BCUT2D eigenvalue weighted by atomic mass is 35.5. The Balaban J connectivity index is 1.39. The van der Waals surface area contributed by atoms with Crippen LogP contribution in [-0.4, -0.2) is 34.7 Å². The molecule has 2 aromatic rings. The van der Waals surface area contributed by atoms with Gasteiger partial charge in [-0.2, -0.15) is 0 Å². The molecule has 0 unspecified atom stereocenters. The number of nitrogens with zero attached hydrogens (tertiary/aromatic N) is 2. The van der Waals surface area contributed by atoms with Gasteiger partial charge >= 0.3 is 0 Å². The molecule has 0 saturated carbocycles. The van der Waals surface area contributed by atoms with Crippen LogP contribution in [0.3, 0.4) is 0 Å². The van der Waals surface area contributed by atoms with Crippen LogP contribution in [0.15, 0.2) is 42.6 Å². The minimum absolute atomic E-state index is 0.0283. The highest BCUT2D eigenvalue weighted by Gasteiger charge is 2.42. The van der Waals surface area contributed by atoms with Gasteiger partial charge in [0.05, 0.1) is 11.4 Å². The Hall–Kier alpha value is -2.20. The van der Waals surface area contributed by atoms with Crippen LogP contribution in [-0.2, 0) is 27.8 Å². The first-order chi connectivity index (χ1) is 12.6. The fourth-order valence-electron chi connectivity index (χ4n) is 4.35. The Labute approximate surface area is 158 Å².